The Morgan fingerprint density at radius 1 is 1.22 bits per heavy atom. The molecule has 27 heavy (non-hydrogen) atoms. The van der Waals surface area contributed by atoms with Gasteiger partial charge in [-0.25, -0.2) is 4.79 Å². The zero-order valence-electron chi connectivity index (χ0n) is 14.9. The number of nitrogens with zero attached hydrogens (tertiary/aromatic N) is 1. The lowest BCUT2D eigenvalue weighted by Crippen LogP contribution is -2.17. The van der Waals surface area contributed by atoms with Crippen molar-refractivity contribution < 1.29 is 14.3 Å². The summed E-state index contributed by atoms with van der Waals surface area (Å²) in [5.41, 5.74) is 1.90. The molecule has 0 radical (unpaired) electrons. The van der Waals surface area contributed by atoms with Gasteiger partial charge in [0.05, 0.1) is 17.9 Å². The Hall–Kier alpha value is -3.30. The van der Waals surface area contributed by atoms with Gasteiger partial charge in [-0.3, -0.25) is 4.79 Å². The Balaban J connectivity index is 2.20. The number of ether oxygens (including phenoxy) is 1. The van der Waals surface area contributed by atoms with Crippen LogP contribution in [0.2, 0.25) is 5.02 Å². The Bertz CT molecular complexity index is 932. The van der Waals surface area contributed by atoms with Crippen molar-refractivity contribution in [2.45, 2.75) is 13.8 Å². The summed E-state index contributed by atoms with van der Waals surface area (Å²) in [6.07, 6.45) is 1.29. The quantitative estimate of drug-likeness (QED) is 0.441. The van der Waals surface area contributed by atoms with Crippen LogP contribution in [0.4, 0.5) is 11.4 Å². The van der Waals surface area contributed by atoms with E-state index < -0.39 is 11.9 Å². The highest BCUT2D eigenvalue weighted by atomic mass is 35.5. The monoisotopic (exact) mass is 383 g/mol. The summed E-state index contributed by atoms with van der Waals surface area (Å²) < 4.78 is 4.97. The normalized spacial score (nSPS) is 10.7. The Morgan fingerprint density at radius 2 is 1.96 bits per heavy atom. The molecule has 0 unspecified atom stereocenters. The predicted octanol–water partition coefficient (Wildman–Crippen LogP) is 4.28. The minimum atomic E-state index is -0.651. The van der Waals surface area contributed by atoms with E-state index >= 15 is 0 Å². The molecule has 2 aromatic rings. The summed E-state index contributed by atoms with van der Waals surface area (Å²) in [5.74, 6) is -1.20. The molecule has 0 saturated carbocycles. The zero-order chi connectivity index (χ0) is 19.8. The highest BCUT2D eigenvalue weighted by molar-refractivity contribution is 6.30. The standard InChI is InChI=1S/C20H18ClN3O3/c1-3-27-20(26)16-6-4-5-7-17(16)24-19(25)14(11-22)12-23-18-10-15(21)9-8-13(18)2/h4-10,12,23H,3H2,1-2H3,(H,24,25)/b14-12-. The van der Waals surface area contributed by atoms with Crippen molar-refractivity contribution in [2.24, 2.45) is 0 Å². The number of halogens is 1. The van der Waals surface area contributed by atoms with E-state index in [0.29, 0.717) is 10.7 Å². The van der Waals surface area contributed by atoms with Gasteiger partial charge in [-0.15, -0.1) is 0 Å². The number of hydrogen-bond donors (Lipinski definition) is 2. The summed E-state index contributed by atoms with van der Waals surface area (Å²) >= 11 is 5.96. The van der Waals surface area contributed by atoms with Gasteiger partial charge in [-0.05, 0) is 43.7 Å². The summed E-state index contributed by atoms with van der Waals surface area (Å²) in [5, 5.41) is 15.3. The lowest BCUT2D eigenvalue weighted by atomic mass is 10.1. The van der Waals surface area contributed by atoms with E-state index in [0.717, 1.165) is 5.56 Å². The SMILES string of the molecule is CCOC(=O)c1ccccc1NC(=O)/C(C#N)=C\Nc1cc(Cl)ccc1C. The molecule has 0 spiro atoms. The number of benzene rings is 2. The van der Waals surface area contributed by atoms with Crippen LogP contribution >= 0.6 is 11.6 Å². The highest BCUT2D eigenvalue weighted by Gasteiger charge is 2.16. The number of esters is 1. The van der Waals surface area contributed by atoms with E-state index in [9.17, 15) is 14.9 Å². The minimum absolute atomic E-state index is 0.159. The van der Waals surface area contributed by atoms with Crippen molar-refractivity contribution in [2.75, 3.05) is 17.2 Å². The lowest BCUT2D eigenvalue weighted by Gasteiger charge is -2.10. The van der Waals surface area contributed by atoms with Crippen LogP contribution in [0.3, 0.4) is 0 Å². The number of nitriles is 1. The van der Waals surface area contributed by atoms with Gasteiger partial charge in [-0.1, -0.05) is 29.8 Å². The van der Waals surface area contributed by atoms with Crippen LogP contribution in [-0.2, 0) is 9.53 Å². The Labute approximate surface area is 162 Å². The van der Waals surface area contributed by atoms with E-state index in [1.54, 1.807) is 37.3 Å². The smallest absolute Gasteiger partial charge is 0.340 e. The van der Waals surface area contributed by atoms with Crippen LogP contribution in [-0.4, -0.2) is 18.5 Å². The summed E-state index contributed by atoms with van der Waals surface area (Å²) in [6.45, 7) is 3.78. The largest absolute Gasteiger partial charge is 0.462 e. The van der Waals surface area contributed by atoms with Gasteiger partial charge in [-0.2, -0.15) is 5.26 Å². The van der Waals surface area contributed by atoms with Crippen LogP contribution in [0.1, 0.15) is 22.8 Å². The first-order valence-corrected chi connectivity index (χ1v) is 8.54. The molecule has 0 aromatic heterocycles. The second-order valence-electron chi connectivity index (χ2n) is 5.49. The number of aryl methyl sites for hydroxylation is 1. The fourth-order valence-electron chi connectivity index (χ4n) is 2.22. The molecule has 0 saturated heterocycles. The molecule has 0 fully saturated rings. The van der Waals surface area contributed by atoms with Crippen molar-refractivity contribution in [1.82, 2.24) is 0 Å². The number of para-hydroxylation sites is 1. The fraction of sp³-hybridized carbons (Fsp3) is 0.150. The van der Waals surface area contributed by atoms with E-state index in [-0.39, 0.29) is 23.4 Å². The molecule has 2 rings (SSSR count). The van der Waals surface area contributed by atoms with Crippen LogP contribution in [0, 0.1) is 18.3 Å². The molecule has 2 aromatic carbocycles. The molecule has 0 aliphatic rings. The molecule has 1 amide bonds. The maximum Gasteiger partial charge on any atom is 0.340 e. The average molecular weight is 384 g/mol. The molecule has 138 valence electrons. The third kappa shape index (κ3) is 5.33. The van der Waals surface area contributed by atoms with Crippen molar-refractivity contribution in [3.05, 3.63) is 70.4 Å². The van der Waals surface area contributed by atoms with Crippen molar-refractivity contribution in [3.63, 3.8) is 0 Å². The topological polar surface area (TPSA) is 91.2 Å². The molecular formula is C20H18ClN3O3. The summed E-state index contributed by atoms with van der Waals surface area (Å²) in [6, 6.07) is 13.5. The zero-order valence-corrected chi connectivity index (χ0v) is 15.6. The van der Waals surface area contributed by atoms with Gasteiger partial charge in [0.1, 0.15) is 11.6 Å². The number of hydrogen-bond acceptors (Lipinski definition) is 5. The Kier molecular flexibility index (Phi) is 6.98. The number of carbonyl (C=O) groups is 2. The molecular weight excluding hydrogens is 366 g/mol. The number of amides is 1. The number of rotatable bonds is 6. The van der Waals surface area contributed by atoms with Crippen LogP contribution < -0.4 is 10.6 Å². The maximum atomic E-state index is 12.4. The van der Waals surface area contributed by atoms with Crippen molar-refractivity contribution in [1.29, 1.82) is 5.26 Å². The molecule has 6 nitrogen and oxygen atoms in total. The van der Waals surface area contributed by atoms with Crippen LogP contribution in [0.25, 0.3) is 0 Å². The lowest BCUT2D eigenvalue weighted by molar-refractivity contribution is -0.112. The Morgan fingerprint density at radius 3 is 2.67 bits per heavy atom. The highest BCUT2D eigenvalue weighted by Crippen LogP contribution is 2.21. The minimum Gasteiger partial charge on any atom is -0.462 e. The van der Waals surface area contributed by atoms with Crippen molar-refractivity contribution >= 4 is 34.9 Å². The molecule has 0 bridgehead atoms. The van der Waals surface area contributed by atoms with Crippen LogP contribution in [0.15, 0.2) is 54.2 Å². The first-order chi connectivity index (χ1) is 13.0. The number of anilines is 2. The average Bonchev–Trinajstić information content (AvgIpc) is 2.65. The van der Waals surface area contributed by atoms with Crippen LogP contribution in [0.5, 0.6) is 0 Å². The second kappa shape index (κ2) is 9.41. The number of nitrogens with one attached hydrogen (secondary N) is 2. The maximum absolute atomic E-state index is 12.4. The molecule has 0 aliphatic heterocycles. The van der Waals surface area contributed by atoms with E-state index in [4.69, 9.17) is 16.3 Å². The third-order valence-corrected chi connectivity index (χ3v) is 3.84. The van der Waals surface area contributed by atoms with Gasteiger partial charge in [0, 0.05) is 16.9 Å². The number of carbonyl (C=O) groups excluding carboxylic acids is 2. The summed E-state index contributed by atoms with van der Waals surface area (Å²) in [4.78, 5) is 24.4. The molecule has 0 heterocycles. The molecule has 0 aliphatic carbocycles. The molecule has 0 atom stereocenters. The van der Waals surface area contributed by atoms with E-state index in [1.165, 1.54) is 12.3 Å². The van der Waals surface area contributed by atoms with E-state index in [1.807, 2.05) is 19.1 Å². The van der Waals surface area contributed by atoms with E-state index in [2.05, 4.69) is 10.6 Å². The van der Waals surface area contributed by atoms with Gasteiger partial charge in [0.15, 0.2) is 0 Å². The fourth-order valence-corrected chi connectivity index (χ4v) is 2.39. The second-order valence-corrected chi connectivity index (χ2v) is 5.93. The predicted molar refractivity (Wildman–Crippen MR) is 105 cm³/mol. The summed E-state index contributed by atoms with van der Waals surface area (Å²) in [7, 11) is 0. The van der Waals surface area contributed by atoms with Gasteiger partial charge >= 0.3 is 5.97 Å². The van der Waals surface area contributed by atoms with Gasteiger partial charge in [0.25, 0.3) is 5.91 Å². The van der Waals surface area contributed by atoms with Gasteiger partial charge in [0.2, 0.25) is 0 Å². The van der Waals surface area contributed by atoms with Crippen molar-refractivity contribution in [3.8, 4) is 6.07 Å². The molecule has 2 N–H and O–H groups in total. The first kappa shape index (κ1) is 20.0. The first-order valence-electron chi connectivity index (χ1n) is 8.16. The third-order valence-electron chi connectivity index (χ3n) is 3.61. The molecule has 7 heteroatoms. The van der Waals surface area contributed by atoms with Gasteiger partial charge < -0.3 is 15.4 Å².